The predicted molar refractivity (Wildman–Crippen MR) is 112 cm³/mol. The number of carbonyl (C=O) groups excluding carboxylic acids is 2. The molecule has 0 unspecified atom stereocenters. The summed E-state index contributed by atoms with van der Waals surface area (Å²) in [4.78, 5) is 26.1. The normalized spacial score (nSPS) is 13.2. The zero-order valence-corrected chi connectivity index (χ0v) is 17.2. The highest BCUT2D eigenvalue weighted by atomic mass is 32.2. The van der Waals surface area contributed by atoms with Crippen LogP contribution in [0.25, 0.3) is 0 Å². The van der Waals surface area contributed by atoms with Gasteiger partial charge >= 0.3 is 6.03 Å². The highest BCUT2D eigenvalue weighted by Crippen LogP contribution is 2.30. The molecule has 7 nitrogen and oxygen atoms in total. The summed E-state index contributed by atoms with van der Waals surface area (Å²) in [7, 11) is 0. The monoisotopic (exact) mass is 411 g/mol. The Kier molecular flexibility index (Phi) is 8.66. The van der Waals surface area contributed by atoms with Gasteiger partial charge in [-0.2, -0.15) is 0 Å². The first-order valence-corrected chi connectivity index (χ1v) is 10.3. The van der Waals surface area contributed by atoms with E-state index in [1.54, 1.807) is 18.2 Å². The Balaban J connectivity index is 1.82. The molecule has 0 aromatic heterocycles. The summed E-state index contributed by atoms with van der Waals surface area (Å²) < 4.78 is 11.7. The third-order valence-corrected chi connectivity index (χ3v) is 5.27. The van der Waals surface area contributed by atoms with E-state index in [1.165, 1.54) is 11.8 Å². The Morgan fingerprint density at radius 1 is 1.15 bits per heavy atom. The van der Waals surface area contributed by atoms with Gasteiger partial charge in [-0.05, 0) is 38.8 Å². The molecule has 0 spiro atoms. The van der Waals surface area contributed by atoms with Crippen LogP contribution in [0.15, 0.2) is 18.2 Å². The maximum Gasteiger partial charge on any atom is 0.325 e. The lowest BCUT2D eigenvalue weighted by molar-refractivity contribution is -0.117. The molecule has 0 atom stereocenters. The Morgan fingerprint density at radius 2 is 1.81 bits per heavy atom. The van der Waals surface area contributed by atoms with Crippen LogP contribution in [0.5, 0.6) is 11.5 Å². The van der Waals surface area contributed by atoms with Crippen molar-refractivity contribution in [2.24, 2.45) is 0 Å². The number of thiocarbonyl (C=S) groups is 1. The number of hydrogen-bond donors (Lipinski definition) is 2. The van der Waals surface area contributed by atoms with Crippen molar-refractivity contribution in [3.63, 3.8) is 0 Å². The molecule has 1 aromatic carbocycles. The lowest BCUT2D eigenvalue weighted by Crippen LogP contribution is -2.36. The lowest BCUT2D eigenvalue weighted by atomic mass is 10.2. The van der Waals surface area contributed by atoms with E-state index in [-0.39, 0.29) is 5.75 Å². The van der Waals surface area contributed by atoms with Crippen LogP contribution in [0.4, 0.5) is 10.5 Å². The van der Waals surface area contributed by atoms with Crippen LogP contribution in [-0.2, 0) is 4.79 Å². The quantitative estimate of drug-likeness (QED) is 0.667. The number of nitrogens with zero attached hydrogens (tertiary/aromatic N) is 1. The van der Waals surface area contributed by atoms with Gasteiger partial charge in [-0.15, -0.1) is 0 Å². The summed E-state index contributed by atoms with van der Waals surface area (Å²) in [5, 5.41) is 4.93. The van der Waals surface area contributed by atoms with Crippen molar-refractivity contribution in [1.29, 1.82) is 0 Å². The topological polar surface area (TPSA) is 79.9 Å². The van der Waals surface area contributed by atoms with Gasteiger partial charge in [0.05, 0.1) is 19.0 Å². The van der Waals surface area contributed by atoms with Gasteiger partial charge in [0, 0.05) is 24.8 Å². The van der Waals surface area contributed by atoms with Crippen molar-refractivity contribution in [3.8, 4) is 11.5 Å². The largest absolute Gasteiger partial charge is 0.490 e. The van der Waals surface area contributed by atoms with E-state index in [9.17, 15) is 9.59 Å². The molecular weight excluding hydrogens is 386 g/mol. The van der Waals surface area contributed by atoms with Crippen molar-refractivity contribution in [3.05, 3.63) is 18.2 Å². The molecule has 9 heteroatoms. The Labute approximate surface area is 169 Å². The van der Waals surface area contributed by atoms with E-state index >= 15 is 0 Å². The molecule has 0 bridgehead atoms. The van der Waals surface area contributed by atoms with Crippen LogP contribution in [0.3, 0.4) is 0 Å². The summed E-state index contributed by atoms with van der Waals surface area (Å²) in [6.07, 6.45) is 2.25. The molecule has 148 valence electrons. The number of hydrogen-bond acceptors (Lipinski definition) is 6. The zero-order chi connectivity index (χ0) is 19.6. The minimum atomic E-state index is -0.598. The second-order valence-electron chi connectivity index (χ2n) is 5.78. The predicted octanol–water partition coefficient (Wildman–Crippen LogP) is 3.25. The van der Waals surface area contributed by atoms with Crippen molar-refractivity contribution < 1.29 is 19.1 Å². The molecule has 1 aromatic rings. The van der Waals surface area contributed by atoms with Crippen LogP contribution in [0.2, 0.25) is 0 Å². The molecule has 0 radical (unpaired) electrons. The number of urea groups is 1. The summed E-state index contributed by atoms with van der Waals surface area (Å²) in [5.74, 6) is 0.856. The van der Waals surface area contributed by atoms with E-state index in [2.05, 4.69) is 15.5 Å². The standard InChI is InChI=1S/C18H25N3O4S2/c1-3-24-14-8-7-13(11-15(14)25-4-2)19-17(23)20-16(22)12-27-18(26)21-9-5-6-10-21/h7-8,11H,3-6,9-10,12H2,1-2H3,(H2,19,20,22,23). The molecule has 1 heterocycles. The van der Waals surface area contributed by atoms with Crippen molar-refractivity contribution in [2.75, 3.05) is 37.4 Å². The number of thioether (sulfide) groups is 1. The van der Waals surface area contributed by atoms with Crippen molar-refractivity contribution >= 4 is 45.9 Å². The minimum absolute atomic E-state index is 0.107. The second-order valence-corrected chi connectivity index (χ2v) is 7.39. The van der Waals surface area contributed by atoms with E-state index in [0.717, 1.165) is 25.9 Å². The number of rotatable bonds is 7. The first-order chi connectivity index (χ1) is 13.0. The summed E-state index contributed by atoms with van der Waals surface area (Å²) in [5.41, 5.74) is 0.507. The Hall–Kier alpha value is -2.00. The van der Waals surface area contributed by atoms with Gasteiger partial charge in [-0.25, -0.2) is 4.79 Å². The molecule has 27 heavy (non-hydrogen) atoms. The maximum absolute atomic E-state index is 12.0. The van der Waals surface area contributed by atoms with Crippen LogP contribution < -0.4 is 20.1 Å². The lowest BCUT2D eigenvalue weighted by Gasteiger charge is -2.17. The Morgan fingerprint density at radius 3 is 2.48 bits per heavy atom. The fourth-order valence-corrected chi connectivity index (χ4v) is 3.62. The summed E-state index contributed by atoms with van der Waals surface area (Å²) in [6, 6.07) is 4.47. The SMILES string of the molecule is CCOc1ccc(NC(=O)NC(=O)CSC(=S)N2CCCC2)cc1OCC. The molecular formula is C18H25N3O4S2. The number of benzene rings is 1. The van der Waals surface area contributed by atoms with Gasteiger partial charge in [0.1, 0.15) is 4.32 Å². The number of nitrogens with one attached hydrogen (secondary N) is 2. The van der Waals surface area contributed by atoms with Crippen LogP contribution in [-0.4, -0.2) is 53.2 Å². The van der Waals surface area contributed by atoms with Crippen LogP contribution in [0, 0.1) is 0 Å². The molecule has 1 fully saturated rings. The summed E-state index contributed by atoms with van der Waals surface area (Å²) in [6.45, 7) is 6.61. The fourth-order valence-electron chi connectivity index (χ4n) is 2.57. The van der Waals surface area contributed by atoms with Crippen LogP contribution in [0.1, 0.15) is 26.7 Å². The fraction of sp³-hybridized carbons (Fsp3) is 0.500. The van der Waals surface area contributed by atoms with Gasteiger partial charge in [0.15, 0.2) is 11.5 Å². The molecule has 1 aliphatic heterocycles. The number of amides is 3. The second kappa shape index (κ2) is 11.0. The molecule has 0 saturated carbocycles. The van der Waals surface area contributed by atoms with E-state index in [0.29, 0.717) is 34.7 Å². The van der Waals surface area contributed by atoms with Gasteiger partial charge < -0.3 is 19.7 Å². The van der Waals surface area contributed by atoms with Crippen molar-refractivity contribution in [2.45, 2.75) is 26.7 Å². The number of ether oxygens (including phenoxy) is 2. The molecule has 3 amide bonds. The highest BCUT2D eigenvalue weighted by Gasteiger charge is 2.17. The highest BCUT2D eigenvalue weighted by molar-refractivity contribution is 8.23. The average molecular weight is 412 g/mol. The van der Waals surface area contributed by atoms with Gasteiger partial charge in [-0.3, -0.25) is 10.1 Å². The molecule has 2 rings (SSSR count). The molecule has 1 aliphatic rings. The first kappa shape index (κ1) is 21.3. The van der Waals surface area contributed by atoms with Gasteiger partial charge in [-0.1, -0.05) is 24.0 Å². The van der Waals surface area contributed by atoms with E-state index < -0.39 is 11.9 Å². The molecule has 1 saturated heterocycles. The van der Waals surface area contributed by atoms with E-state index in [1.807, 2.05) is 13.8 Å². The smallest absolute Gasteiger partial charge is 0.325 e. The maximum atomic E-state index is 12.0. The number of likely N-dealkylation sites (tertiary alicyclic amines) is 1. The number of anilines is 1. The molecule has 0 aliphatic carbocycles. The van der Waals surface area contributed by atoms with E-state index in [4.69, 9.17) is 21.7 Å². The molecule has 2 N–H and O–H groups in total. The van der Waals surface area contributed by atoms with Gasteiger partial charge in [0.2, 0.25) is 5.91 Å². The number of carbonyl (C=O) groups is 2. The summed E-state index contributed by atoms with van der Waals surface area (Å²) >= 11 is 6.58. The van der Waals surface area contributed by atoms with Gasteiger partial charge in [0.25, 0.3) is 0 Å². The third-order valence-electron chi connectivity index (χ3n) is 3.75. The van der Waals surface area contributed by atoms with Crippen molar-refractivity contribution in [1.82, 2.24) is 10.2 Å². The van der Waals surface area contributed by atoms with Crippen LogP contribution >= 0.6 is 24.0 Å². The average Bonchev–Trinajstić information content (AvgIpc) is 3.17. The number of imide groups is 1. The Bertz CT molecular complexity index is 679. The minimum Gasteiger partial charge on any atom is -0.490 e. The first-order valence-electron chi connectivity index (χ1n) is 8.95. The third kappa shape index (κ3) is 6.91. The zero-order valence-electron chi connectivity index (χ0n) is 15.6.